The molecule has 0 spiro atoms. The van der Waals surface area contributed by atoms with E-state index in [-0.39, 0.29) is 36.5 Å². The average Bonchev–Trinajstić information content (AvgIpc) is 3.42. The molecule has 3 N–H and O–H groups in total. The zero-order valence-corrected chi connectivity index (χ0v) is 26.0. The fourth-order valence-corrected chi connectivity index (χ4v) is 6.74. The third-order valence-electron chi connectivity index (χ3n) is 7.20. The predicted octanol–water partition coefficient (Wildman–Crippen LogP) is 5.24. The van der Waals surface area contributed by atoms with Crippen LogP contribution in [0.1, 0.15) is 79.2 Å². The van der Waals surface area contributed by atoms with E-state index in [0.29, 0.717) is 19.5 Å². The first-order valence-corrected chi connectivity index (χ1v) is 16.2. The lowest BCUT2D eigenvalue weighted by Gasteiger charge is -2.41. The second kappa shape index (κ2) is 16.1. The molecule has 4 atom stereocenters. The van der Waals surface area contributed by atoms with Crippen LogP contribution in [-0.2, 0) is 32.2 Å². The van der Waals surface area contributed by atoms with Gasteiger partial charge in [0.25, 0.3) is 0 Å². The molecular weight excluding hydrogens is 572 g/mol. The second-order valence-corrected chi connectivity index (χ2v) is 13.0. The maximum absolute atomic E-state index is 12.3. The van der Waals surface area contributed by atoms with Crippen LogP contribution in [0.4, 0.5) is 0 Å². The van der Waals surface area contributed by atoms with Crippen LogP contribution in [0.25, 0.3) is 0 Å². The number of amides is 2. The average molecular weight is 613 g/mol. The molecule has 2 heterocycles. The molecule has 1 aliphatic heterocycles. The number of carbonyl (C=O) groups is 2. The minimum Gasteiger partial charge on any atom is -0.392 e. The summed E-state index contributed by atoms with van der Waals surface area (Å²) < 4.78 is 14.0. The van der Waals surface area contributed by atoms with Crippen LogP contribution in [0.2, 0.25) is 0 Å². The number of thioether (sulfide) groups is 1. The number of benzene rings is 2. The summed E-state index contributed by atoms with van der Waals surface area (Å²) >= 11 is 3.23. The third-order valence-corrected chi connectivity index (χ3v) is 9.26. The normalized spacial score (nSPS) is 20.3. The molecule has 9 nitrogen and oxygen atoms in total. The molecule has 11 heteroatoms. The van der Waals surface area contributed by atoms with E-state index in [9.17, 15) is 14.7 Å². The first-order valence-electron chi connectivity index (χ1n) is 14.4. The van der Waals surface area contributed by atoms with Gasteiger partial charge in [-0.1, -0.05) is 85.0 Å². The molecule has 0 radical (unpaired) electrons. The Kier molecular flexibility index (Phi) is 12.3. The number of aliphatic hydroxyl groups is 1. The van der Waals surface area contributed by atoms with Crippen LogP contribution >= 0.6 is 23.1 Å². The Labute approximate surface area is 255 Å². The molecule has 3 aromatic rings. The zero-order valence-electron chi connectivity index (χ0n) is 24.4. The maximum Gasteiger partial charge on any atom is 0.220 e. The van der Waals surface area contributed by atoms with Crippen molar-refractivity contribution in [2.75, 3.05) is 12.3 Å². The van der Waals surface area contributed by atoms with E-state index in [0.717, 1.165) is 56.6 Å². The standard InChI is InChI=1S/C31H40N4O5S2/c1-20-27(19-41-31-35-34-22(3)42-31)39-30(40-29(20)25-12-10-24(18-36)11-13-25)26-14-8-23(9-15-26)17-33-28(38)7-5-4-6-16-32-21(2)37/h8-15,20,27,29-30,36H,4-7,16-19H2,1-3H3,(H,32,37)(H,33,38). The van der Waals surface area contributed by atoms with Crippen molar-refractivity contribution in [3.8, 4) is 0 Å². The molecule has 1 aromatic heterocycles. The fourth-order valence-electron chi connectivity index (χ4n) is 4.73. The molecule has 1 fully saturated rings. The minimum absolute atomic E-state index is 0.000359. The quantitative estimate of drug-likeness (QED) is 0.167. The van der Waals surface area contributed by atoms with Gasteiger partial charge >= 0.3 is 0 Å². The minimum atomic E-state index is -0.549. The van der Waals surface area contributed by atoms with Crippen LogP contribution < -0.4 is 10.6 Å². The summed E-state index contributed by atoms with van der Waals surface area (Å²) in [5, 5.41) is 24.6. The number of hydrogen-bond acceptors (Lipinski definition) is 9. The van der Waals surface area contributed by atoms with Gasteiger partial charge in [-0.3, -0.25) is 9.59 Å². The molecule has 226 valence electrons. The van der Waals surface area contributed by atoms with Crippen molar-refractivity contribution in [3.63, 3.8) is 0 Å². The Morgan fingerprint density at radius 1 is 0.952 bits per heavy atom. The summed E-state index contributed by atoms with van der Waals surface area (Å²) in [6.07, 6.45) is 2.21. The zero-order chi connectivity index (χ0) is 29.9. The van der Waals surface area contributed by atoms with E-state index < -0.39 is 6.29 Å². The summed E-state index contributed by atoms with van der Waals surface area (Å²) in [4.78, 5) is 23.2. The number of aryl methyl sites for hydroxylation is 1. The molecule has 1 aliphatic rings. The first kappa shape index (κ1) is 32.1. The van der Waals surface area contributed by atoms with Gasteiger partial charge in [-0.15, -0.1) is 10.2 Å². The summed E-state index contributed by atoms with van der Waals surface area (Å²) in [5.74, 6) is 0.801. The van der Waals surface area contributed by atoms with Crippen molar-refractivity contribution < 1.29 is 24.2 Å². The molecule has 0 bridgehead atoms. The molecule has 0 aliphatic carbocycles. The summed E-state index contributed by atoms with van der Waals surface area (Å²) in [5.41, 5.74) is 3.81. The number of carbonyl (C=O) groups excluding carboxylic acids is 2. The van der Waals surface area contributed by atoms with Gasteiger partial charge < -0.3 is 25.2 Å². The number of nitrogens with one attached hydrogen (secondary N) is 2. The van der Waals surface area contributed by atoms with E-state index >= 15 is 0 Å². The van der Waals surface area contributed by atoms with Crippen molar-refractivity contribution in [2.45, 2.75) is 82.4 Å². The van der Waals surface area contributed by atoms with Gasteiger partial charge in [-0.25, -0.2) is 0 Å². The van der Waals surface area contributed by atoms with Crippen LogP contribution in [-0.4, -0.2) is 45.5 Å². The highest BCUT2D eigenvalue weighted by Gasteiger charge is 2.38. The Morgan fingerprint density at radius 3 is 2.33 bits per heavy atom. The summed E-state index contributed by atoms with van der Waals surface area (Å²) in [6, 6.07) is 15.9. The maximum atomic E-state index is 12.3. The number of rotatable bonds is 14. The molecule has 2 aromatic carbocycles. The van der Waals surface area contributed by atoms with Crippen molar-refractivity contribution in [1.82, 2.24) is 20.8 Å². The van der Waals surface area contributed by atoms with Gasteiger partial charge in [0.05, 0.1) is 18.8 Å². The largest absolute Gasteiger partial charge is 0.392 e. The Bertz CT molecular complexity index is 1290. The molecule has 2 amide bonds. The third kappa shape index (κ3) is 9.60. The fraction of sp³-hybridized carbons (Fsp3) is 0.484. The lowest BCUT2D eigenvalue weighted by Crippen LogP contribution is -2.38. The van der Waals surface area contributed by atoms with Crippen LogP contribution in [0.3, 0.4) is 0 Å². The van der Waals surface area contributed by atoms with Gasteiger partial charge in [0.15, 0.2) is 10.6 Å². The van der Waals surface area contributed by atoms with Crippen molar-refractivity contribution in [1.29, 1.82) is 0 Å². The van der Waals surface area contributed by atoms with E-state index in [1.165, 1.54) is 6.92 Å². The second-order valence-electron chi connectivity index (χ2n) is 10.5. The topological polar surface area (TPSA) is 123 Å². The van der Waals surface area contributed by atoms with Gasteiger partial charge in [-0.2, -0.15) is 0 Å². The van der Waals surface area contributed by atoms with E-state index in [2.05, 4.69) is 27.8 Å². The Balaban J connectivity index is 1.35. The molecular formula is C31H40N4O5S2. The number of aliphatic hydroxyl groups excluding tert-OH is 1. The monoisotopic (exact) mass is 612 g/mol. The lowest BCUT2D eigenvalue weighted by molar-refractivity contribution is -0.268. The summed E-state index contributed by atoms with van der Waals surface area (Å²) in [7, 11) is 0. The van der Waals surface area contributed by atoms with Crippen LogP contribution in [0, 0.1) is 12.8 Å². The van der Waals surface area contributed by atoms with Gasteiger partial charge in [0.1, 0.15) is 5.01 Å². The first-order chi connectivity index (χ1) is 20.3. The van der Waals surface area contributed by atoms with E-state index in [1.807, 2.05) is 55.5 Å². The van der Waals surface area contributed by atoms with Gasteiger partial charge in [0, 0.05) is 43.7 Å². The SMILES string of the molecule is CC(=O)NCCCCCC(=O)NCc1ccc(C2OC(CSc3nnc(C)s3)C(C)C(c3ccc(CO)cc3)O2)cc1. The highest BCUT2D eigenvalue weighted by Crippen LogP contribution is 2.43. The van der Waals surface area contributed by atoms with Gasteiger partial charge in [0.2, 0.25) is 11.8 Å². The van der Waals surface area contributed by atoms with Crippen LogP contribution in [0.15, 0.2) is 52.9 Å². The summed E-state index contributed by atoms with van der Waals surface area (Å²) in [6.45, 7) is 6.70. The number of nitrogens with zero attached hydrogens (tertiary/aromatic N) is 2. The van der Waals surface area contributed by atoms with E-state index in [4.69, 9.17) is 9.47 Å². The number of hydrogen-bond donors (Lipinski definition) is 3. The van der Waals surface area contributed by atoms with Crippen LogP contribution in [0.5, 0.6) is 0 Å². The van der Waals surface area contributed by atoms with E-state index in [1.54, 1.807) is 23.1 Å². The lowest BCUT2D eigenvalue weighted by atomic mass is 9.91. The number of ether oxygens (including phenoxy) is 2. The van der Waals surface area contributed by atoms with Gasteiger partial charge in [-0.05, 0) is 36.5 Å². The smallest absolute Gasteiger partial charge is 0.220 e. The predicted molar refractivity (Wildman–Crippen MR) is 164 cm³/mol. The molecule has 4 unspecified atom stereocenters. The molecule has 4 rings (SSSR count). The number of unbranched alkanes of at least 4 members (excludes halogenated alkanes) is 2. The molecule has 1 saturated heterocycles. The van der Waals surface area contributed by atoms with Crippen molar-refractivity contribution in [2.24, 2.45) is 5.92 Å². The van der Waals surface area contributed by atoms with Crippen molar-refractivity contribution in [3.05, 3.63) is 75.8 Å². The Morgan fingerprint density at radius 2 is 1.67 bits per heavy atom. The molecule has 0 saturated carbocycles. The highest BCUT2D eigenvalue weighted by molar-refractivity contribution is 8.01. The highest BCUT2D eigenvalue weighted by atomic mass is 32.2. The number of aromatic nitrogens is 2. The molecule has 42 heavy (non-hydrogen) atoms. The van der Waals surface area contributed by atoms with Crippen molar-refractivity contribution >= 4 is 34.9 Å². The Hall–Kier alpha value is -2.83.